The number of hydrogen-bond donors (Lipinski definition) is 0. The Morgan fingerprint density at radius 1 is 1.04 bits per heavy atom. The van der Waals surface area contributed by atoms with Crippen molar-refractivity contribution in [1.29, 1.82) is 0 Å². The summed E-state index contributed by atoms with van der Waals surface area (Å²) >= 11 is 11.4. The van der Waals surface area contributed by atoms with E-state index in [0.29, 0.717) is 11.3 Å². The highest BCUT2D eigenvalue weighted by molar-refractivity contribution is 6.56. The van der Waals surface area contributed by atoms with Crippen molar-refractivity contribution < 1.29 is 14.3 Å². The third-order valence-electron chi connectivity index (χ3n) is 4.21. The fraction of sp³-hybridized carbons (Fsp3) is 0.190. The van der Waals surface area contributed by atoms with Crippen LogP contribution in [-0.4, -0.2) is 5.97 Å². The van der Waals surface area contributed by atoms with Crippen molar-refractivity contribution in [3.05, 3.63) is 81.9 Å². The van der Waals surface area contributed by atoms with Crippen molar-refractivity contribution in [2.75, 3.05) is 0 Å². The van der Waals surface area contributed by atoms with Crippen LogP contribution in [0.1, 0.15) is 19.4 Å². The predicted octanol–water partition coefficient (Wildman–Crippen LogP) is 6.18. The molecule has 0 amide bonds. The molecule has 0 heterocycles. The van der Waals surface area contributed by atoms with E-state index in [1.807, 2.05) is 68.4 Å². The van der Waals surface area contributed by atoms with E-state index in [0.717, 1.165) is 16.9 Å². The molecule has 1 aliphatic carbocycles. The second kappa shape index (κ2) is 7.56. The number of ether oxygens (including phenoxy) is 2. The largest absolute Gasteiger partial charge is 0.457 e. The molecule has 0 bridgehead atoms. The zero-order chi connectivity index (χ0) is 18.7. The first kappa shape index (κ1) is 18.6. The van der Waals surface area contributed by atoms with Gasteiger partial charge in [0.2, 0.25) is 0 Å². The molecule has 2 aromatic rings. The molecule has 0 aliphatic heterocycles. The average molecular weight is 389 g/mol. The normalized spacial score (nSPS) is 14.6. The van der Waals surface area contributed by atoms with Crippen LogP contribution in [0.15, 0.2) is 76.3 Å². The molecule has 26 heavy (non-hydrogen) atoms. The lowest BCUT2D eigenvalue weighted by atomic mass is 10.0. The molecule has 1 aliphatic rings. The van der Waals surface area contributed by atoms with E-state index in [1.165, 1.54) is 0 Å². The molecule has 0 spiro atoms. The van der Waals surface area contributed by atoms with Crippen LogP contribution >= 0.6 is 23.2 Å². The Bertz CT molecular complexity index is 879. The second-order valence-corrected chi connectivity index (χ2v) is 7.49. The summed E-state index contributed by atoms with van der Waals surface area (Å²) in [5.41, 5.74) is 1.90. The van der Waals surface area contributed by atoms with E-state index in [2.05, 4.69) is 0 Å². The molecular weight excluding hydrogens is 371 g/mol. The smallest absolute Gasteiger partial charge is 0.335 e. The Kier molecular flexibility index (Phi) is 5.40. The van der Waals surface area contributed by atoms with Crippen LogP contribution in [0.4, 0.5) is 0 Å². The molecule has 5 heteroatoms. The number of para-hydroxylation sites is 1. The van der Waals surface area contributed by atoms with Gasteiger partial charge < -0.3 is 9.47 Å². The van der Waals surface area contributed by atoms with E-state index in [9.17, 15) is 4.79 Å². The molecule has 0 unspecified atom stereocenters. The van der Waals surface area contributed by atoms with Crippen molar-refractivity contribution in [2.24, 2.45) is 5.41 Å². The Morgan fingerprint density at radius 2 is 1.73 bits per heavy atom. The minimum absolute atomic E-state index is 0.127. The molecule has 0 aromatic heterocycles. The molecule has 0 saturated heterocycles. The number of esters is 1. The highest BCUT2D eigenvalue weighted by atomic mass is 35.5. The summed E-state index contributed by atoms with van der Waals surface area (Å²) in [6.07, 6.45) is 1.59. The number of rotatable bonds is 6. The van der Waals surface area contributed by atoms with Gasteiger partial charge in [0.15, 0.2) is 0 Å². The fourth-order valence-electron chi connectivity index (χ4n) is 2.77. The van der Waals surface area contributed by atoms with Crippen LogP contribution in [-0.2, 0) is 16.1 Å². The summed E-state index contributed by atoms with van der Waals surface area (Å²) in [6, 6.07) is 17.0. The Balaban J connectivity index is 1.64. The molecule has 0 N–H and O–H groups in total. The highest BCUT2D eigenvalue weighted by Gasteiger charge is 2.49. The monoisotopic (exact) mass is 388 g/mol. The summed E-state index contributed by atoms with van der Waals surface area (Å²) < 4.78 is 11.4. The summed E-state index contributed by atoms with van der Waals surface area (Å²) in [7, 11) is 0. The summed E-state index contributed by atoms with van der Waals surface area (Å²) in [5.74, 6) is 1.08. The molecule has 134 valence electrons. The lowest BCUT2D eigenvalue weighted by molar-refractivity contribution is -0.140. The number of carbonyl (C=O) groups is 1. The van der Waals surface area contributed by atoms with Crippen molar-refractivity contribution >= 4 is 29.2 Å². The maximum Gasteiger partial charge on any atom is 0.335 e. The number of hydrogen-bond acceptors (Lipinski definition) is 3. The molecule has 3 rings (SSSR count). The maximum atomic E-state index is 12.3. The van der Waals surface area contributed by atoms with Gasteiger partial charge in [-0.15, -0.1) is 0 Å². The van der Waals surface area contributed by atoms with Crippen LogP contribution in [0.25, 0.3) is 0 Å². The standard InChI is InChI=1S/C21H18Cl2O3/c1-21(2)17(12-18(22)23)19(21)20(24)25-13-14-7-6-10-16(11-14)26-15-8-4-3-5-9-15/h3-12H,13H2,1-2H3. The van der Waals surface area contributed by atoms with Crippen molar-refractivity contribution in [3.63, 3.8) is 0 Å². The summed E-state index contributed by atoms with van der Waals surface area (Å²) in [6.45, 7) is 4.02. The molecule has 0 saturated carbocycles. The van der Waals surface area contributed by atoms with Crippen LogP contribution in [0.3, 0.4) is 0 Å². The Labute approximate surface area is 162 Å². The van der Waals surface area contributed by atoms with Crippen molar-refractivity contribution in [2.45, 2.75) is 20.5 Å². The molecule has 3 nitrogen and oxygen atoms in total. The van der Waals surface area contributed by atoms with E-state index in [4.69, 9.17) is 32.7 Å². The van der Waals surface area contributed by atoms with Gasteiger partial charge in [0.1, 0.15) is 22.6 Å². The summed E-state index contributed by atoms with van der Waals surface area (Å²) in [4.78, 5) is 12.3. The zero-order valence-corrected chi connectivity index (χ0v) is 16.0. The van der Waals surface area contributed by atoms with Gasteiger partial charge in [-0.1, -0.05) is 67.4 Å². The fourth-order valence-corrected chi connectivity index (χ4v) is 2.99. The predicted molar refractivity (Wildman–Crippen MR) is 103 cm³/mol. The number of carbonyl (C=O) groups excluding carboxylic acids is 1. The van der Waals surface area contributed by atoms with Gasteiger partial charge in [-0.05, 0) is 41.5 Å². The first-order chi connectivity index (χ1) is 12.4. The highest BCUT2D eigenvalue weighted by Crippen LogP contribution is 2.54. The topological polar surface area (TPSA) is 35.5 Å². The maximum absolute atomic E-state index is 12.3. The number of benzene rings is 2. The number of halogens is 2. The van der Waals surface area contributed by atoms with E-state index < -0.39 is 0 Å². The van der Waals surface area contributed by atoms with Crippen LogP contribution in [0.5, 0.6) is 11.5 Å². The molecule has 2 aromatic carbocycles. The zero-order valence-electron chi connectivity index (χ0n) is 14.5. The molecule has 0 atom stereocenters. The van der Waals surface area contributed by atoms with Gasteiger partial charge in [-0.25, -0.2) is 4.79 Å². The van der Waals surface area contributed by atoms with Gasteiger partial charge in [-0.3, -0.25) is 0 Å². The lowest BCUT2D eigenvalue weighted by Gasteiger charge is -2.09. The van der Waals surface area contributed by atoms with Gasteiger partial charge in [0.05, 0.1) is 5.57 Å². The summed E-state index contributed by atoms with van der Waals surface area (Å²) in [5, 5.41) is 0. The van der Waals surface area contributed by atoms with Gasteiger partial charge in [0, 0.05) is 5.41 Å². The molecule has 0 radical (unpaired) electrons. The van der Waals surface area contributed by atoms with Crippen molar-refractivity contribution in [3.8, 4) is 11.5 Å². The van der Waals surface area contributed by atoms with E-state index in [-0.39, 0.29) is 22.5 Å². The minimum Gasteiger partial charge on any atom is -0.457 e. The van der Waals surface area contributed by atoms with Crippen molar-refractivity contribution in [1.82, 2.24) is 0 Å². The van der Waals surface area contributed by atoms with Gasteiger partial charge >= 0.3 is 5.97 Å². The quantitative estimate of drug-likeness (QED) is 0.554. The first-order valence-corrected chi connectivity index (χ1v) is 8.90. The Morgan fingerprint density at radius 3 is 2.42 bits per heavy atom. The first-order valence-electron chi connectivity index (χ1n) is 8.15. The Hall–Kier alpha value is -2.23. The second-order valence-electron chi connectivity index (χ2n) is 6.49. The van der Waals surface area contributed by atoms with Crippen LogP contribution in [0, 0.1) is 5.41 Å². The third kappa shape index (κ3) is 4.29. The number of allylic oxidation sites excluding steroid dienone is 2. The van der Waals surface area contributed by atoms with Gasteiger partial charge in [0.25, 0.3) is 0 Å². The van der Waals surface area contributed by atoms with E-state index in [1.54, 1.807) is 6.08 Å². The average Bonchev–Trinajstić information content (AvgIpc) is 3.13. The van der Waals surface area contributed by atoms with Crippen LogP contribution in [0.2, 0.25) is 0 Å². The lowest BCUT2D eigenvalue weighted by Crippen LogP contribution is -2.07. The molecule has 0 fully saturated rings. The SMILES string of the molecule is CC1(C)C(C=C(Cl)Cl)=C1C(=O)OCc1cccc(Oc2ccccc2)c1. The third-order valence-corrected chi connectivity index (χ3v) is 4.43. The molecular formula is C21H18Cl2O3. The van der Waals surface area contributed by atoms with E-state index >= 15 is 0 Å². The minimum atomic E-state index is -0.357. The van der Waals surface area contributed by atoms with Gasteiger partial charge in [-0.2, -0.15) is 0 Å². The van der Waals surface area contributed by atoms with Crippen LogP contribution < -0.4 is 4.74 Å².